The second kappa shape index (κ2) is 12.9. The first-order valence-electron chi connectivity index (χ1n) is 22.3. The SMILES string of the molecule is C1=CC2C(C(c3ccc(N(c4ccccc4)c4ccc5c(c4)C4(c6ccccc6-c6ccccc64)c4ccccc4-5)cc3)=C1)c1ccccc1C21c2ccccc2-c2ccccc21. The van der Waals surface area contributed by atoms with Gasteiger partial charge in [-0.3, -0.25) is 0 Å². The summed E-state index contributed by atoms with van der Waals surface area (Å²) in [6, 6.07) is 82.2. The number of anilines is 3. The van der Waals surface area contributed by atoms with E-state index in [4.69, 9.17) is 0 Å². The predicted molar refractivity (Wildman–Crippen MR) is 259 cm³/mol. The number of hydrogen-bond donors (Lipinski definition) is 0. The minimum absolute atomic E-state index is 0.216. The molecular weight excluding hydrogens is 759 g/mol. The highest BCUT2D eigenvalue weighted by molar-refractivity contribution is 5.96. The van der Waals surface area contributed by atoms with Crippen LogP contribution in [0.3, 0.4) is 0 Å². The summed E-state index contributed by atoms with van der Waals surface area (Å²) in [6.07, 6.45) is 7.21. The quantitative estimate of drug-likeness (QED) is 0.171. The summed E-state index contributed by atoms with van der Waals surface area (Å²) in [6.45, 7) is 0. The molecule has 0 N–H and O–H groups in total. The number of benzene rings is 9. The Kier molecular flexibility index (Phi) is 7.15. The summed E-state index contributed by atoms with van der Waals surface area (Å²) in [4.78, 5) is 2.44. The van der Waals surface area contributed by atoms with E-state index in [2.05, 4.69) is 242 Å². The molecule has 5 aliphatic carbocycles. The average molecular weight is 800 g/mol. The van der Waals surface area contributed by atoms with Gasteiger partial charge in [-0.05, 0) is 125 Å². The van der Waals surface area contributed by atoms with Crippen LogP contribution >= 0.6 is 0 Å². The lowest BCUT2D eigenvalue weighted by molar-refractivity contribution is 0.472. The minimum Gasteiger partial charge on any atom is -0.310 e. The van der Waals surface area contributed by atoms with Crippen LogP contribution in [-0.4, -0.2) is 0 Å². The van der Waals surface area contributed by atoms with E-state index < -0.39 is 5.41 Å². The van der Waals surface area contributed by atoms with Gasteiger partial charge in [-0.2, -0.15) is 0 Å². The standard InChI is InChI=1S/C62H41N/c1-2-17-41(18-3-1)63(43-37-38-50-49-23-8-14-30-56(49)62(59(50)39-43)54-28-12-6-21-47(54)48-22-7-13-29-55(48)62)42-35-33-40(34-36-42)44-25-16-32-58-60(44)51-24-9-15-31-57(51)61(58)52-26-10-4-19-45(52)46-20-5-11-27-53(46)61/h1-39,58,60H. The number of hydrogen-bond acceptors (Lipinski definition) is 1. The zero-order valence-electron chi connectivity index (χ0n) is 34.6. The molecule has 0 saturated heterocycles. The van der Waals surface area contributed by atoms with Crippen LogP contribution in [0.4, 0.5) is 17.1 Å². The van der Waals surface area contributed by atoms with Gasteiger partial charge in [-0.25, -0.2) is 0 Å². The lowest BCUT2D eigenvalue weighted by Crippen LogP contribution is -2.33. The molecule has 0 fully saturated rings. The summed E-state index contributed by atoms with van der Waals surface area (Å²) >= 11 is 0. The van der Waals surface area contributed by atoms with Crippen molar-refractivity contribution in [3.63, 3.8) is 0 Å². The van der Waals surface area contributed by atoms with E-state index in [9.17, 15) is 0 Å². The Morgan fingerprint density at radius 3 is 1.38 bits per heavy atom. The average Bonchev–Trinajstić information content (AvgIpc) is 4.04. The molecule has 2 atom stereocenters. The van der Waals surface area contributed by atoms with Gasteiger partial charge in [0, 0.05) is 28.9 Å². The Morgan fingerprint density at radius 2 is 0.794 bits per heavy atom. The Balaban J connectivity index is 0.907. The first-order valence-corrected chi connectivity index (χ1v) is 22.3. The summed E-state index contributed by atoms with van der Waals surface area (Å²) in [5.74, 6) is 0.460. The topological polar surface area (TPSA) is 3.24 Å². The third kappa shape index (κ3) is 4.41. The lowest BCUT2D eigenvalue weighted by Gasteiger charge is -2.37. The molecule has 0 heterocycles. The molecule has 1 nitrogen and oxygen atoms in total. The van der Waals surface area contributed by atoms with Crippen LogP contribution in [0.5, 0.6) is 0 Å². The van der Waals surface area contributed by atoms with Crippen molar-refractivity contribution in [1.82, 2.24) is 0 Å². The van der Waals surface area contributed by atoms with Crippen LogP contribution in [0.2, 0.25) is 0 Å². The van der Waals surface area contributed by atoms with Crippen molar-refractivity contribution in [2.24, 2.45) is 5.92 Å². The molecule has 2 spiro atoms. The van der Waals surface area contributed by atoms with Crippen molar-refractivity contribution < 1.29 is 0 Å². The van der Waals surface area contributed by atoms with Crippen molar-refractivity contribution in [3.8, 4) is 33.4 Å². The molecule has 0 bridgehead atoms. The zero-order valence-corrected chi connectivity index (χ0v) is 34.6. The molecule has 5 aliphatic rings. The molecule has 294 valence electrons. The van der Waals surface area contributed by atoms with E-state index in [0.29, 0.717) is 0 Å². The van der Waals surface area contributed by atoms with Crippen molar-refractivity contribution in [2.45, 2.75) is 16.7 Å². The molecule has 63 heavy (non-hydrogen) atoms. The highest BCUT2D eigenvalue weighted by Gasteiger charge is 2.58. The summed E-state index contributed by atoms with van der Waals surface area (Å²) in [5, 5.41) is 0. The molecule has 0 radical (unpaired) electrons. The van der Waals surface area contributed by atoms with Gasteiger partial charge < -0.3 is 4.90 Å². The molecular formula is C62H41N. The molecule has 9 aromatic carbocycles. The Morgan fingerprint density at radius 1 is 0.349 bits per heavy atom. The van der Waals surface area contributed by atoms with E-state index in [-0.39, 0.29) is 17.3 Å². The first kappa shape index (κ1) is 34.9. The molecule has 2 unspecified atom stereocenters. The molecule has 0 aromatic heterocycles. The Bertz CT molecular complexity index is 3310. The smallest absolute Gasteiger partial charge is 0.0726 e. The fourth-order valence-electron chi connectivity index (χ4n) is 13.0. The summed E-state index contributed by atoms with van der Waals surface area (Å²) in [7, 11) is 0. The van der Waals surface area contributed by atoms with Gasteiger partial charge in [0.25, 0.3) is 0 Å². The van der Waals surface area contributed by atoms with Crippen molar-refractivity contribution >= 4 is 22.6 Å². The van der Waals surface area contributed by atoms with Crippen molar-refractivity contribution in [3.05, 3.63) is 287 Å². The van der Waals surface area contributed by atoms with Crippen LogP contribution in [0, 0.1) is 5.92 Å². The monoisotopic (exact) mass is 799 g/mol. The molecule has 0 amide bonds. The zero-order chi connectivity index (χ0) is 41.3. The molecule has 0 saturated carbocycles. The number of rotatable bonds is 4. The second-order valence-corrected chi connectivity index (χ2v) is 17.8. The lowest BCUT2D eigenvalue weighted by atomic mass is 9.64. The number of nitrogens with zero attached hydrogens (tertiary/aromatic N) is 1. The third-order valence-electron chi connectivity index (χ3n) is 15.2. The fourth-order valence-corrected chi connectivity index (χ4v) is 13.0. The number of fused-ring (bicyclic) bond motifs is 20. The predicted octanol–water partition coefficient (Wildman–Crippen LogP) is 15.2. The van der Waals surface area contributed by atoms with Gasteiger partial charge in [0.2, 0.25) is 0 Å². The maximum atomic E-state index is 2.50. The van der Waals surface area contributed by atoms with Crippen LogP contribution < -0.4 is 4.90 Å². The van der Waals surface area contributed by atoms with Crippen molar-refractivity contribution in [1.29, 1.82) is 0 Å². The van der Waals surface area contributed by atoms with Crippen molar-refractivity contribution in [2.75, 3.05) is 4.90 Å². The van der Waals surface area contributed by atoms with E-state index in [0.717, 1.165) is 17.1 Å². The van der Waals surface area contributed by atoms with Gasteiger partial charge >= 0.3 is 0 Å². The van der Waals surface area contributed by atoms with E-state index in [1.807, 2.05) is 0 Å². The fraction of sp³-hybridized carbons (Fsp3) is 0.0645. The molecule has 9 aromatic rings. The van der Waals surface area contributed by atoms with Crippen LogP contribution in [0.15, 0.2) is 237 Å². The maximum absolute atomic E-state index is 2.50. The Hall–Kier alpha value is -7.74. The molecule has 1 heteroatoms. The van der Waals surface area contributed by atoms with Gasteiger partial charge in [0.15, 0.2) is 0 Å². The minimum atomic E-state index is -0.409. The molecule has 14 rings (SSSR count). The third-order valence-corrected chi connectivity index (χ3v) is 15.2. The Labute approximate surface area is 368 Å². The summed E-state index contributed by atoms with van der Waals surface area (Å²) in [5.41, 5.74) is 24.5. The van der Waals surface area contributed by atoms with Crippen LogP contribution in [0.25, 0.3) is 39.0 Å². The molecule has 0 aliphatic heterocycles. The summed E-state index contributed by atoms with van der Waals surface area (Å²) < 4.78 is 0. The van der Waals surface area contributed by atoms with Gasteiger partial charge in [-0.1, -0.05) is 200 Å². The van der Waals surface area contributed by atoms with Gasteiger partial charge in [-0.15, -0.1) is 0 Å². The van der Waals surface area contributed by atoms with Gasteiger partial charge in [0.1, 0.15) is 0 Å². The van der Waals surface area contributed by atoms with Crippen LogP contribution in [0.1, 0.15) is 56.0 Å². The highest BCUT2D eigenvalue weighted by Crippen LogP contribution is 2.67. The first-order chi connectivity index (χ1) is 31.3. The highest BCUT2D eigenvalue weighted by atomic mass is 15.1. The number of para-hydroxylation sites is 1. The van der Waals surface area contributed by atoms with Crippen LogP contribution in [-0.2, 0) is 10.8 Å². The van der Waals surface area contributed by atoms with E-state index >= 15 is 0 Å². The normalized spacial score (nSPS) is 17.8. The maximum Gasteiger partial charge on any atom is 0.0726 e. The largest absolute Gasteiger partial charge is 0.310 e. The van der Waals surface area contributed by atoms with Gasteiger partial charge in [0.05, 0.1) is 10.8 Å². The second-order valence-electron chi connectivity index (χ2n) is 17.8. The van der Waals surface area contributed by atoms with E-state index in [1.54, 1.807) is 0 Å². The number of allylic oxidation sites excluding steroid dienone is 4. The van der Waals surface area contributed by atoms with E-state index in [1.165, 1.54) is 89.0 Å².